The zero-order valence-electron chi connectivity index (χ0n) is 12.6. The number of benzene rings is 2. The summed E-state index contributed by atoms with van der Waals surface area (Å²) in [6, 6.07) is 10.4. The lowest BCUT2D eigenvalue weighted by atomic mass is 10.1. The maximum Gasteiger partial charge on any atom is 0.269 e. The van der Waals surface area contributed by atoms with Crippen molar-refractivity contribution in [2.75, 3.05) is 7.11 Å². The SMILES string of the molecule is COc1ccc(S(=O)(=O)n2cnc3ccccc32)c(C)c1C. The number of rotatable bonds is 3. The van der Waals surface area contributed by atoms with Crippen molar-refractivity contribution >= 4 is 21.1 Å². The van der Waals surface area contributed by atoms with Gasteiger partial charge in [-0.1, -0.05) is 12.1 Å². The number of imidazole rings is 1. The van der Waals surface area contributed by atoms with Crippen LogP contribution in [0.4, 0.5) is 0 Å². The predicted octanol–water partition coefficient (Wildman–Crippen LogP) is 2.90. The lowest BCUT2D eigenvalue weighted by Crippen LogP contribution is -2.14. The molecule has 0 aliphatic rings. The minimum Gasteiger partial charge on any atom is -0.496 e. The zero-order chi connectivity index (χ0) is 15.9. The van der Waals surface area contributed by atoms with Crippen LogP contribution in [-0.4, -0.2) is 24.5 Å². The van der Waals surface area contributed by atoms with Crippen LogP contribution in [0.15, 0.2) is 47.6 Å². The van der Waals surface area contributed by atoms with Crippen molar-refractivity contribution in [1.82, 2.24) is 8.96 Å². The molecule has 0 fully saturated rings. The van der Waals surface area contributed by atoms with Gasteiger partial charge in [-0.2, -0.15) is 0 Å². The van der Waals surface area contributed by atoms with Crippen LogP contribution in [0.5, 0.6) is 5.75 Å². The molecular formula is C16H16N2O3S. The number of nitrogens with zero attached hydrogens (tertiary/aromatic N) is 2. The van der Waals surface area contributed by atoms with Crippen molar-refractivity contribution in [1.29, 1.82) is 0 Å². The maximum atomic E-state index is 13.0. The number of para-hydroxylation sites is 2. The molecule has 3 rings (SSSR count). The Morgan fingerprint density at radius 1 is 1.05 bits per heavy atom. The highest BCUT2D eigenvalue weighted by molar-refractivity contribution is 7.90. The fraction of sp³-hybridized carbons (Fsp3) is 0.188. The van der Waals surface area contributed by atoms with E-state index in [4.69, 9.17) is 4.74 Å². The monoisotopic (exact) mass is 316 g/mol. The summed E-state index contributed by atoms with van der Waals surface area (Å²) in [5, 5.41) is 0. The van der Waals surface area contributed by atoms with Crippen LogP contribution in [-0.2, 0) is 10.0 Å². The molecule has 3 aromatic rings. The topological polar surface area (TPSA) is 61.2 Å². The fourth-order valence-electron chi connectivity index (χ4n) is 2.51. The van der Waals surface area contributed by atoms with Gasteiger partial charge >= 0.3 is 0 Å². The zero-order valence-corrected chi connectivity index (χ0v) is 13.4. The van der Waals surface area contributed by atoms with Gasteiger partial charge in [-0.15, -0.1) is 0 Å². The Morgan fingerprint density at radius 2 is 1.77 bits per heavy atom. The van der Waals surface area contributed by atoms with E-state index in [1.807, 2.05) is 13.0 Å². The average molecular weight is 316 g/mol. The summed E-state index contributed by atoms with van der Waals surface area (Å²) in [6.45, 7) is 3.63. The minimum absolute atomic E-state index is 0.258. The average Bonchev–Trinajstić information content (AvgIpc) is 2.94. The van der Waals surface area contributed by atoms with E-state index in [0.29, 0.717) is 22.3 Å². The van der Waals surface area contributed by atoms with Crippen molar-refractivity contribution in [3.05, 3.63) is 53.9 Å². The van der Waals surface area contributed by atoms with Crippen LogP contribution in [0.2, 0.25) is 0 Å². The molecule has 0 amide bonds. The second kappa shape index (κ2) is 5.14. The number of hydrogen-bond donors (Lipinski definition) is 0. The first-order valence-corrected chi connectivity index (χ1v) is 8.22. The number of ether oxygens (including phenoxy) is 1. The highest BCUT2D eigenvalue weighted by Crippen LogP contribution is 2.29. The smallest absolute Gasteiger partial charge is 0.269 e. The summed E-state index contributed by atoms with van der Waals surface area (Å²) in [5.41, 5.74) is 2.70. The van der Waals surface area contributed by atoms with Crippen molar-refractivity contribution in [3.8, 4) is 5.75 Å². The molecule has 1 aromatic heterocycles. The third kappa shape index (κ3) is 2.07. The van der Waals surface area contributed by atoms with Gasteiger partial charge in [0.05, 0.1) is 23.0 Å². The maximum absolute atomic E-state index is 13.0. The molecule has 0 aliphatic carbocycles. The molecular weight excluding hydrogens is 300 g/mol. The Kier molecular flexibility index (Phi) is 3.41. The highest BCUT2D eigenvalue weighted by Gasteiger charge is 2.23. The fourth-order valence-corrected chi connectivity index (χ4v) is 4.08. The van der Waals surface area contributed by atoms with E-state index < -0.39 is 10.0 Å². The van der Waals surface area contributed by atoms with Crippen molar-refractivity contribution in [2.24, 2.45) is 0 Å². The van der Waals surface area contributed by atoms with Gasteiger partial charge in [0.25, 0.3) is 10.0 Å². The van der Waals surface area contributed by atoms with E-state index in [0.717, 1.165) is 5.56 Å². The molecule has 0 saturated heterocycles. The normalized spacial score (nSPS) is 11.8. The van der Waals surface area contributed by atoms with Gasteiger partial charge in [-0.3, -0.25) is 0 Å². The summed E-state index contributed by atoms with van der Waals surface area (Å²) in [4.78, 5) is 4.41. The molecule has 1 heterocycles. The van der Waals surface area contributed by atoms with Crippen LogP contribution in [0, 0.1) is 13.8 Å². The van der Waals surface area contributed by atoms with Gasteiger partial charge in [-0.05, 0) is 49.2 Å². The second-order valence-corrected chi connectivity index (χ2v) is 6.83. The molecule has 0 bridgehead atoms. The van der Waals surface area contributed by atoms with Gasteiger partial charge in [0, 0.05) is 0 Å². The third-order valence-electron chi connectivity index (χ3n) is 3.87. The quantitative estimate of drug-likeness (QED) is 0.745. The molecule has 0 saturated carbocycles. The van der Waals surface area contributed by atoms with Gasteiger partial charge in [0.1, 0.15) is 12.1 Å². The van der Waals surface area contributed by atoms with E-state index in [9.17, 15) is 8.42 Å². The van der Waals surface area contributed by atoms with Crippen LogP contribution in [0.1, 0.15) is 11.1 Å². The van der Waals surface area contributed by atoms with Crippen LogP contribution >= 0.6 is 0 Å². The molecule has 114 valence electrons. The molecule has 0 radical (unpaired) electrons. The Bertz CT molecular complexity index is 959. The molecule has 22 heavy (non-hydrogen) atoms. The van der Waals surface area contributed by atoms with Crippen LogP contribution in [0.25, 0.3) is 11.0 Å². The number of fused-ring (bicyclic) bond motifs is 1. The lowest BCUT2D eigenvalue weighted by molar-refractivity contribution is 0.410. The largest absolute Gasteiger partial charge is 0.496 e. The van der Waals surface area contributed by atoms with E-state index in [2.05, 4.69) is 4.98 Å². The van der Waals surface area contributed by atoms with Gasteiger partial charge in [-0.25, -0.2) is 17.4 Å². The van der Waals surface area contributed by atoms with E-state index in [-0.39, 0.29) is 4.90 Å². The van der Waals surface area contributed by atoms with Gasteiger partial charge in [0.15, 0.2) is 0 Å². The lowest BCUT2D eigenvalue weighted by Gasteiger charge is -2.13. The molecule has 0 unspecified atom stereocenters. The summed E-state index contributed by atoms with van der Waals surface area (Å²) in [6.07, 6.45) is 1.35. The minimum atomic E-state index is -3.70. The Labute approximate surface area is 129 Å². The third-order valence-corrected chi connectivity index (χ3v) is 5.67. The van der Waals surface area contributed by atoms with Crippen LogP contribution in [0.3, 0.4) is 0 Å². The Hall–Kier alpha value is -2.34. The summed E-state index contributed by atoms with van der Waals surface area (Å²) >= 11 is 0. The predicted molar refractivity (Wildman–Crippen MR) is 84.8 cm³/mol. The molecule has 0 atom stereocenters. The highest BCUT2D eigenvalue weighted by atomic mass is 32.2. The summed E-state index contributed by atoms with van der Waals surface area (Å²) in [7, 11) is -2.13. The Balaban J connectivity index is 2.25. The molecule has 0 aliphatic heterocycles. The number of hydrogen-bond acceptors (Lipinski definition) is 4. The first-order valence-electron chi connectivity index (χ1n) is 6.78. The van der Waals surface area contributed by atoms with Crippen molar-refractivity contribution in [2.45, 2.75) is 18.7 Å². The first-order chi connectivity index (χ1) is 10.5. The molecule has 6 heteroatoms. The van der Waals surface area contributed by atoms with E-state index in [1.54, 1.807) is 44.4 Å². The molecule has 2 aromatic carbocycles. The second-order valence-electron chi connectivity index (χ2n) is 5.05. The molecule has 0 N–H and O–H groups in total. The van der Waals surface area contributed by atoms with E-state index >= 15 is 0 Å². The summed E-state index contributed by atoms with van der Waals surface area (Å²) < 4.78 is 32.4. The van der Waals surface area contributed by atoms with E-state index in [1.165, 1.54) is 10.3 Å². The van der Waals surface area contributed by atoms with Crippen molar-refractivity contribution in [3.63, 3.8) is 0 Å². The summed E-state index contributed by atoms with van der Waals surface area (Å²) in [5.74, 6) is 0.673. The molecule has 5 nitrogen and oxygen atoms in total. The van der Waals surface area contributed by atoms with Crippen LogP contribution < -0.4 is 4.74 Å². The van der Waals surface area contributed by atoms with Gasteiger partial charge < -0.3 is 4.74 Å². The number of aromatic nitrogens is 2. The van der Waals surface area contributed by atoms with Crippen molar-refractivity contribution < 1.29 is 13.2 Å². The van der Waals surface area contributed by atoms with Gasteiger partial charge in [0.2, 0.25) is 0 Å². The Morgan fingerprint density at radius 3 is 2.50 bits per heavy atom. The molecule has 0 spiro atoms. The standard InChI is InChI=1S/C16H16N2O3S/c1-11-12(2)16(9-8-15(11)21-3)22(19,20)18-10-17-13-6-4-5-7-14(13)18/h4-10H,1-3H3. The first kappa shape index (κ1) is 14.6. The number of methoxy groups -OCH3 is 1.